The van der Waals surface area contributed by atoms with E-state index in [0.717, 1.165) is 61.2 Å². The predicted octanol–water partition coefficient (Wildman–Crippen LogP) is 6.08. The van der Waals surface area contributed by atoms with Crippen LogP contribution in [-0.2, 0) is 9.59 Å². The van der Waals surface area contributed by atoms with Crippen LogP contribution in [0.2, 0.25) is 0 Å². The van der Waals surface area contributed by atoms with Crippen molar-refractivity contribution in [1.82, 2.24) is 5.32 Å². The van der Waals surface area contributed by atoms with E-state index in [2.05, 4.69) is 19.2 Å². The number of rotatable bonds is 2. The molecule has 0 aromatic carbocycles. The molecule has 0 saturated heterocycles. The van der Waals surface area contributed by atoms with Crippen LogP contribution in [-0.4, -0.2) is 17.7 Å². The van der Waals surface area contributed by atoms with Gasteiger partial charge in [-0.25, -0.2) is 0 Å². The summed E-state index contributed by atoms with van der Waals surface area (Å²) in [4.78, 5) is 25.9. The van der Waals surface area contributed by atoms with E-state index < -0.39 is 0 Å². The van der Waals surface area contributed by atoms with Gasteiger partial charge < -0.3 is 5.32 Å². The standard InChI is InChI=1S/C30H43NO2/c1-29-9-7-22(32)16-21(29)3-4-23-24-5-6-26(30(24,2)10-8-25(23)29)28(33)31-27-19-12-17-11-18(14-19)15-20(27)13-17/h16-20,23-27H,3-15H2,1-2H3,(H,31,33)/t17?,18?,19?,20?,23-,24-,25-,26+,27?,29-,30-/m0/s1. The van der Waals surface area contributed by atoms with Crippen molar-refractivity contribution in [3.05, 3.63) is 11.6 Å². The van der Waals surface area contributed by atoms with E-state index in [1.54, 1.807) is 0 Å². The van der Waals surface area contributed by atoms with Gasteiger partial charge in [-0.1, -0.05) is 19.4 Å². The zero-order valence-corrected chi connectivity index (χ0v) is 20.8. The summed E-state index contributed by atoms with van der Waals surface area (Å²) < 4.78 is 0. The molecule has 0 aliphatic heterocycles. The molecule has 8 aliphatic rings. The Morgan fingerprint density at radius 3 is 2.33 bits per heavy atom. The van der Waals surface area contributed by atoms with E-state index >= 15 is 0 Å². The third kappa shape index (κ3) is 2.99. The number of ketones is 1. The fourth-order valence-corrected chi connectivity index (χ4v) is 11.4. The SMILES string of the molecule is C[C@]12CC[C@H]3[C@@H](CCC4=CC(=O)CC[C@@]43C)[C@@H]1CC[C@@H]2C(=O)NC1C2CC3CC(C2)CC1C3. The van der Waals surface area contributed by atoms with Crippen LogP contribution in [0.4, 0.5) is 0 Å². The lowest BCUT2D eigenvalue weighted by atomic mass is 9.47. The topological polar surface area (TPSA) is 46.2 Å². The summed E-state index contributed by atoms with van der Waals surface area (Å²) in [5, 5.41) is 3.71. The van der Waals surface area contributed by atoms with Gasteiger partial charge in [0.15, 0.2) is 5.78 Å². The fraction of sp³-hybridized carbons (Fsp3) is 0.867. The van der Waals surface area contributed by atoms with Crippen LogP contribution in [0.3, 0.4) is 0 Å². The molecule has 6 atom stereocenters. The quantitative estimate of drug-likeness (QED) is 0.556. The van der Waals surface area contributed by atoms with Gasteiger partial charge in [0.2, 0.25) is 5.91 Å². The molecule has 180 valence electrons. The van der Waals surface area contributed by atoms with Crippen LogP contribution in [0.5, 0.6) is 0 Å². The van der Waals surface area contributed by atoms with Gasteiger partial charge >= 0.3 is 0 Å². The molecular formula is C30H43NO2. The molecule has 7 saturated carbocycles. The lowest BCUT2D eigenvalue weighted by Gasteiger charge is -2.58. The highest BCUT2D eigenvalue weighted by Gasteiger charge is 2.60. The Bertz CT molecular complexity index is 877. The molecular weight excluding hydrogens is 406 g/mol. The highest BCUT2D eigenvalue weighted by atomic mass is 16.2. The number of fused-ring (bicyclic) bond motifs is 5. The van der Waals surface area contributed by atoms with Crippen LogP contribution in [0.1, 0.15) is 97.3 Å². The number of nitrogens with one attached hydrogen (secondary N) is 1. The molecule has 0 radical (unpaired) electrons. The van der Waals surface area contributed by atoms with E-state index in [1.807, 2.05) is 6.08 Å². The monoisotopic (exact) mass is 449 g/mol. The maximum absolute atomic E-state index is 13.8. The van der Waals surface area contributed by atoms with Gasteiger partial charge in [-0.05, 0) is 135 Å². The highest BCUT2D eigenvalue weighted by Crippen LogP contribution is 2.66. The van der Waals surface area contributed by atoms with Crippen LogP contribution >= 0.6 is 0 Å². The van der Waals surface area contributed by atoms with Crippen molar-refractivity contribution in [3.8, 4) is 0 Å². The molecule has 3 nitrogen and oxygen atoms in total. The van der Waals surface area contributed by atoms with Gasteiger partial charge in [0, 0.05) is 18.4 Å². The van der Waals surface area contributed by atoms with Crippen LogP contribution in [0.15, 0.2) is 11.6 Å². The Hall–Kier alpha value is -1.12. The minimum Gasteiger partial charge on any atom is -0.353 e. The van der Waals surface area contributed by atoms with Gasteiger partial charge in [-0.3, -0.25) is 9.59 Å². The molecule has 4 bridgehead atoms. The van der Waals surface area contributed by atoms with Crippen LogP contribution < -0.4 is 5.32 Å². The zero-order valence-electron chi connectivity index (χ0n) is 20.8. The average Bonchev–Trinajstić information content (AvgIpc) is 3.13. The Labute approximate surface area is 199 Å². The normalized spacial score (nSPS) is 54.3. The summed E-state index contributed by atoms with van der Waals surface area (Å²) >= 11 is 0. The molecule has 33 heavy (non-hydrogen) atoms. The first-order chi connectivity index (χ1) is 15.8. The summed E-state index contributed by atoms with van der Waals surface area (Å²) in [6, 6.07) is 0.477. The third-order valence-corrected chi connectivity index (χ3v) is 12.8. The van der Waals surface area contributed by atoms with Gasteiger partial charge in [0.25, 0.3) is 0 Å². The number of carbonyl (C=O) groups excluding carboxylic acids is 2. The Morgan fingerprint density at radius 2 is 1.61 bits per heavy atom. The van der Waals surface area contributed by atoms with Crippen molar-refractivity contribution in [2.24, 2.45) is 58.2 Å². The van der Waals surface area contributed by atoms with Crippen molar-refractivity contribution in [2.75, 3.05) is 0 Å². The summed E-state index contributed by atoms with van der Waals surface area (Å²) in [5.41, 5.74) is 1.87. The van der Waals surface area contributed by atoms with Crippen molar-refractivity contribution >= 4 is 11.7 Å². The second-order valence-corrected chi connectivity index (χ2v) is 14.1. The molecule has 8 rings (SSSR count). The Kier molecular flexibility index (Phi) is 4.62. The first-order valence-corrected chi connectivity index (χ1v) is 14.4. The first kappa shape index (κ1) is 21.2. The number of hydrogen-bond acceptors (Lipinski definition) is 2. The molecule has 0 spiro atoms. The molecule has 3 heteroatoms. The lowest BCUT2D eigenvalue weighted by molar-refractivity contribution is -0.136. The van der Waals surface area contributed by atoms with E-state index in [1.165, 1.54) is 63.4 Å². The van der Waals surface area contributed by atoms with Crippen LogP contribution in [0, 0.1) is 58.2 Å². The second kappa shape index (κ2) is 7.20. The van der Waals surface area contributed by atoms with Gasteiger partial charge in [0.1, 0.15) is 0 Å². The smallest absolute Gasteiger partial charge is 0.223 e. The summed E-state index contributed by atoms with van der Waals surface area (Å²) in [5.74, 6) is 6.61. The number of allylic oxidation sites excluding steroid dienone is 1. The van der Waals surface area contributed by atoms with Crippen molar-refractivity contribution < 1.29 is 9.59 Å². The molecule has 0 heterocycles. The average molecular weight is 450 g/mol. The Morgan fingerprint density at radius 1 is 0.879 bits per heavy atom. The molecule has 0 aromatic rings. The van der Waals surface area contributed by atoms with Crippen molar-refractivity contribution in [1.29, 1.82) is 0 Å². The molecule has 0 aromatic heterocycles. The lowest BCUT2D eigenvalue weighted by Crippen LogP contribution is -2.58. The van der Waals surface area contributed by atoms with E-state index in [-0.39, 0.29) is 16.7 Å². The number of carbonyl (C=O) groups is 2. The maximum atomic E-state index is 13.8. The van der Waals surface area contributed by atoms with Gasteiger partial charge in [-0.2, -0.15) is 0 Å². The van der Waals surface area contributed by atoms with E-state index in [4.69, 9.17) is 0 Å². The molecule has 1 amide bonds. The highest BCUT2D eigenvalue weighted by molar-refractivity contribution is 5.91. The third-order valence-electron chi connectivity index (χ3n) is 12.8. The molecule has 8 aliphatic carbocycles. The predicted molar refractivity (Wildman–Crippen MR) is 129 cm³/mol. The largest absolute Gasteiger partial charge is 0.353 e. The summed E-state index contributed by atoms with van der Waals surface area (Å²) in [7, 11) is 0. The number of amides is 1. The molecule has 1 N–H and O–H groups in total. The van der Waals surface area contributed by atoms with Gasteiger partial charge in [-0.15, -0.1) is 0 Å². The van der Waals surface area contributed by atoms with Crippen LogP contribution in [0.25, 0.3) is 0 Å². The van der Waals surface area contributed by atoms with Crippen molar-refractivity contribution in [3.63, 3.8) is 0 Å². The maximum Gasteiger partial charge on any atom is 0.223 e. The Balaban J connectivity index is 1.09. The molecule has 0 unspecified atom stereocenters. The first-order valence-electron chi connectivity index (χ1n) is 14.4. The fourth-order valence-electron chi connectivity index (χ4n) is 11.4. The minimum atomic E-state index is 0.180. The van der Waals surface area contributed by atoms with E-state index in [9.17, 15) is 9.59 Å². The summed E-state index contributed by atoms with van der Waals surface area (Å²) in [6.45, 7) is 4.95. The van der Waals surface area contributed by atoms with E-state index in [0.29, 0.717) is 23.7 Å². The van der Waals surface area contributed by atoms with Crippen molar-refractivity contribution in [2.45, 2.75) is 103 Å². The second-order valence-electron chi connectivity index (χ2n) is 14.1. The number of hydrogen-bond donors (Lipinski definition) is 1. The van der Waals surface area contributed by atoms with Gasteiger partial charge in [0.05, 0.1) is 0 Å². The zero-order chi connectivity index (χ0) is 22.5. The molecule has 7 fully saturated rings. The minimum absolute atomic E-state index is 0.180. The summed E-state index contributed by atoms with van der Waals surface area (Å²) in [6.07, 6.45) is 17.9.